The molecule has 0 radical (unpaired) electrons. The fourth-order valence-electron chi connectivity index (χ4n) is 3.05. The summed E-state index contributed by atoms with van der Waals surface area (Å²) >= 11 is 0. The van der Waals surface area contributed by atoms with E-state index >= 15 is 0 Å². The van der Waals surface area contributed by atoms with Crippen LogP contribution in [0.4, 0.5) is 0 Å². The number of hydrogen-bond donors (Lipinski definition) is 2. The molecule has 0 bridgehead atoms. The van der Waals surface area contributed by atoms with Gasteiger partial charge in [-0.1, -0.05) is 18.2 Å². The minimum atomic E-state index is -0.524. The quantitative estimate of drug-likeness (QED) is 0.894. The van der Waals surface area contributed by atoms with Crippen LogP contribution in [0.25, 0.3) is 11.1 Å². The number of rotatable bonds is 3. The van der Waals surface area contributed by atoms with Crippen LogP contribution in [0.1, 0.15) is 15.9 Å². The lowest BCUT2D eigenvalue weighted by atomic mass is 9.95. The monoisotopic (exact) mass is 312 g/mol. The Bertz CT molecular complexity index is 803. The third-order valence-electron chi connectivity index (χ3n) is 4.16. The summed E-state index contributed by atoms with van der Waals surface area (Å²) in [5, 5.41) is 0. The van der Waals surface area contributed by atoms with Crippen LogP contribution in [0, 0.1) is 0 Å². The van der Waals surface area contributed by atoms with Crippen LogP contribution in [0.15, 0.2) is 30.3 Å². The van der Waals surface area contributed by atoms with E-state index in [1.807, 2.05) is 18.2 Å². The predicted molar refractivity (Wildman–Crippen MR) is 83.7 cm³/mol. The van der Waals surface area contributed by atoms with E-state index in [0.717, 1.165) is 23.3 Å². The molecule has 2 aromatic rings. The van der Waals surface area contributed by atoms with E-state index in [1.54, 1.807) is 12.1 Å². The first-order valence-corrected chi connectivity index (χ1v) is 7.40. The summed E-state index contributed by atoms with van der Waals surface area (Å²) in [6, 6.07) is 9.24. The Morgan fingerprint density at radius 3 is 2.70 bits per heavy atom. The van der Waals surface area contributed by atoms with Crippen molar-refractivity contribution in [2.75, 3.05) is 13.3 Å². The van der Waals surface area contributed by atoms with Gasteiger partial charge in [0.05, 0.1) is 5.56 Å². The average molecular weight is 312 g/mol. The van der Waals surface area contributed by atoms with Crippen molar-refractivity contribution in [2.24, 2.45) is 11.5 Å². The minimum Gasteiger partial charge on any atom is -0.488 e. The van der Waals surface area contributed by atoms with Gasteiger partial charge in [-0.15, -0.1) is 0 Å². The van der Waals surface area contributed by atoms with Gasteiger partial charge in [0.2, 0.25) is 12.7 Å². The number of amides is 1. The van der Waals surface area contributed by atoms with Crippen molar-refractivity contribution < 1.29 is 19.0 Å². The molecule has 2 aliphatic rings. The molecule has 23 heavy (non-hydrogen) atoms. The smallest absolute Gasteiger partial charge is 0.249 e. The molecule has 0 saturated carbocycles. The summed E-state index contributed by atoms with van der Waals surface area (Å²) < 4.78 is 16.7. The van der Waals surface area contributed by atoms with E-state index in [0.29, 0.717) is 29.2 Å². The van der Waals surface area contributed by atoms with Gasteiger partial charge in [-0.25, -0.2) is 0 Å². The fraction of sp³-hybridized carbons (Fsp3) is 0.235. The summed E-state index contributed by atoms with van der Waals surface area (Å²) in [6.45, 7) is 0.577. The topological polar surface area (TPSA) is 96.8 Å². The zero-order valence-electron chi connectivity index (χ0n) is 12.4. The number of benzene rings is 2. The molecule has 0 aliphatic carbocycles. The molecule has 1 atom stereocenters. The summed E-state index contributed by atoms with van der Waals surface area (Å²) in [6.07, 6.45) is 0.716. The van der Waals surface area contributed by atoms with Gasteiger partial charge in [0.25, 0.3) is 0 Å². The maximum Gasteiger partial charge on any atom is 0.249 e. The van der Waals surface area contributed by atoms with Crippen molar-refractivity contribution in [3.8, 4) is 28.4 Å². The first-order chi connectivity index (χ1) is 11.2. The molecule has 0 fully saturated rings. The van der Waals surface area contributed by atoms with Crippen molar-refractivity contribution in [3.63, 3.8) is 0 Å². The lowest BCUT2D eigenvalue weighted by Crippen LogP contribution is -2.24. The molecule has 0 unspecified atom stereocenters. The summed E-state index contributed by atoms with van der Waals surface area (Å²) in [5.41, 5.74) is 14.2. The molecule has 4 rings (SSSR count). The second-order valence-corrected chi connectivity index (χ2v) is 5.59. The Hall–Kier alpha value is -2.73. The largest absolute Gasteiger partial charge is 0.488 e. The first-order valence-electron chi connectivity index (χ1n) is 7.40. The van der Waals surface area contributed by atoms with Crippen LogP contribution in [-0.4, -0.2) is 25.3 Å². The number of para-hydroxylation sites is 1. The van der Waals surface area contributed by atoms with Gasteiger partial charge in [-0.3, -0.25) is 4.79 Å². The maximum atomic E-state index is 11.9. The highest BCUT2D eigenvalue weighted by atomic mass is 16.7. The summed E-state index contributed by atoms with van der Waals surface area (Å²) in [4.78, 5) is 11.9. The molecule has 1 amide bonds. The lowest BCUT2D eigenvalue weighted by Gasteiger charge is -2.13. The molecule has 6 heteroatoms. The van der Waals surface area contributed by atoms with E-state index in [9.17, 15) is 4.79 Å². The standard InChI is InChI=1S/C17H16N2O4/c18-7-10-4-9-2-1-3-11(16(9)23-10)12-5-14-15(22-8-21-14)6-13(12)17(19)20/h1-3,5-6,10H,4,7-8,18H2,(H2,19,20)/t10-/m1/s1. The van der Waals surface area contributed by atoms with Crippen molar-refractivity contribution in [1.82, 2.24) is 0 Å². The van der Waals surface area contributed by atoms with Crippen molar-refractivity contribution in [2.45, 2.75) is 12.5 Å². The van der Waals surface area contributed by atoms with Crippen molar-refractivity contribution in [1.29, 1.82) is 0 Å². The highest BCUT2D eigenvalue weighted by Crippen LogP contribution is 2.44. The third-order valence-corrected chi connectivity index (χ3v) is 4.16. The molecule has 4 N–H and O–H groups in total. The van der Waals surface area contributed by atoms with E-state index in [4.69, 9.17) is 25.7 Å². The number of carbonyl (C=O) groups excluding carboxylic acids is 1. The molecule has 0 aromatic heterocycles. The first kappa shape index (κ1) is 13.9. The van der Waals surface area contributed by atoms with E-state index in [1.165, 1.54) is 0 Å². The normalized spacial score (nSPS) is 17.7. The lowest BCUT2D eigenvalue weighted by molar-refractivity contribution is 0.100. The Balaban J connectivity index is 1.90. The van der Waals surface area contributed by atoms with Gasteiger partial charge in [0.1, 0.15) is 11.9 Å². The van der Waals surface area contributed by atoms with Gasteiger partial charge < -0.3 is 25.7 Å². The SMILES string of the molecule is NC[C@H]1Cc2cccc(-c3cc4c(cc3C(N)=O)OCO4)c2O1. The zero-order valence-corrected chi connectivity index (χ0v) is 12.4. The molecule has 2 aromatic carbocycles. The van der Waals surface area contributed by atoms with E-state index in [2.05, 4.69) is 0 Å². The maximum absolute atomic E-state index is 11.9. The Labute approximate surface area is 132 Å². The predicted octanol–water partition coefficient (Wildman–Crippen LogP) is 1.44. The molecule has 2 heterocycles. The van der Waals surface area contributed by atoms with Crippen LogP contribution in [0.2, 0.25) is 0 Å². The van der Waals surface area contributed by atoms with Crippen molar-refractivity contribution in [3.05, 3.63) is 41.5 Å². The van der Waals surface area contributed by atoms with Gasteiger partial charge in [0.15, 0.2) is 11.5 Å². The molecule has 2 aliphatic heterocycles. The molecule has 0 spiro atoms. The van der Waals surface area contributed by atoms with E-state index in [-0.39, 0.29) is 12.9 Å². The van der Waals surface area contributed by atoms with Gasteiger partial charge in [-0.2, -0.15) is 0 Å². The Kier molecular flexibility index (Phi) is 3.12. The second-order valence-electron chi connectivity index (χ2n) is 5.59. The van der Waals surface area contributed by atoms with Crippen LogP contribution >= 0.6 is 0 Å². The third kappa shape index (κ3) is 2.19. The van der Waals surface area contributed by atoms with Crippen LogP contribution < -0.4 is 25.7 Å². The minimum absolute atomic E-state index is 0.0443. The van der Waals surface area contributed by atoms with E-state index < -0.39 is 5.91 Å². The number of primary amides is 1. The molecular weight excluding hydrogens is 296 g/mol. The van der Waals surface area contributed by atoms with Crippen LogP contribution in [0.5, 0.6) is 17.2 Å². The molecular formula is C17H16N2O4. The zero-order chi connectivity index (χ0) is 16.0. The number of ether oxygens (including phenoxy) is 3. The van der Waals surface area contributed by atoms with Gasteiger partial charge in [0, 0.05) is 24.1 Å². The molecule has 6 nitrogen and oxygen atoms in total. The highest BCUT2D eigenvalue weighted by Gasteiger charge is 2.28. The second kappa shape index (κ2) is 5.17. The van der Waals surface area contributed by atoms with Crippen LogP contribution in [0.3, 0.4) is 0 Å². The Morgan fingerprint density at radius 1 is 1.17 bits per heavy atom. The Morgan fingerprint density at radius 2 is 1.96 bits per heavy atom. The van der Waals surface area contributed by atoms with Gasteiger partial charge in [-0.05, 0) is 17.7 Å². The summed E-state index contributed by atoms with van der Waals surface area (Å²) in [7, 11) is 0. The van der Waals surface area contributed by atoms with Gasteiger partial charge >= 0.3 is 0 Å². The van der Waals surface area contributed by atoms with Crippen molar-refractivity contribution >= 4 is 5.91 Å². The number of hydrogen-bond acceptors (Lipinski definition) is 5. The number of fused-ring (bicyclic) bond motifs is 2. The summed E-state index contributed by atoms with van der Waals surface area (Å²) in [5.74, 6) is 1.35. The number of carbonyl (C=O) groups is 1. The average Bonchev–Trinajstić information content (AvgIpc) is 3.18. The molecule has 118 valence electrons. The fourth-order valence-corrected chi connectivity index (χ4v) is 3.05. The molecule has 0 saturated heterocycles. The highest BCUT2D eigenvalue weighted by molar-refractivity contribution is 6.01. The van der Waals surface area contributed by atoms with Crippen LogP contribution in [-0.2, 0) is 6.42 Å². The number of nitrogens with two attached hydrogens (primary N) is 2.